The molecule has 0 aliphatic heterocycles. The number of hydrogen-bond donors (Lipinski definition) is 0. The molecule has 1 aromatic heterocycles. The van der Waals surface area contributed by atoms with Gasteiger partial charge in [0.1, 0.15) is 0 Å². The Morgan fingerprint density at radius 3 is 1.40 bits per heavy atom. The number of fused-ring (bicyclic) bond motifs is 3. The van der Waals surface area contributed by atoms with Crippen molar-refractivity contribution in [2.75, 3.05) is 0 Å². The number of rotatable bonds is 7. The number of hydrogen-bond acceptors (Lipinski definition) is 3. The largest absolute Gasteiger partial charge is 0.238 e. The quantitative estimate of drug-likeness (QED) is 0.154. The van der Waals surface area contributed by atoms with Crippen molar-refractivity contribution in [3.05, 3.63) is 240 Å². The maximum atomic E-state index is 7.81. The van der Waals surface area contributed by atoms with E-state index in [1.54, 1.807) is 0 Å². The first-order chi connectivity index (χ1) is 28.2. The van der Waals surface area contributed by atoms with Gasteiger partial charge in [0.15, 0.2) is 23.2 Å². The van der Waals surface area contributed by atoms with E-state index in [4.69, 9.17) is 21.5 Å². The summed E-state index contributed by atoms with van der Waals surface area (Å²) >= 11 is 0. The van der Waals surface area contributed by atoms with Crippen LogP contribution >= 0.6 is 0 Å². The van der Waals surface area contributed by atoms with E-state index in [1.807, 2.05) is 48.5 Å². The first-order valence-corrected chi connectivity index (χ1v) is 19.1. The van der Waals surface area contributed by atoms with Crippen LogP contribution < -0.4 is 0 Å². The molecular formula is C53H34N4. The zero-order valence-corrected chi connectivity index (χ0v) is 30.9. The third-order valence-electron chi connectivity index (χ3n) is 11.0. The van der Waals surface area contributed by atoms with E-state index < -0.39 is 5.41 Å². The van der Waals surface area contributed by atoms with E-state index in [0.29, 0.717) is 23.2 Å². The molecule has 57 heavy (non-hydrogen) atoms. The summed E-state index contributed by atoms with van der Waals surface area (Å²) in [5, 5.41) is 0. The smallest absolute Gasteiger partial charge is 0.187 e. The molecule has 0 spiro atoms. The fraction of sp³-hybridized carbons (Fsp3) is 0.0189. The van der Waals surface area contributed by atoms with Crippen LogP contribution in [0.25, 0.3) is 72.4 Å². The normalized spacial score (nSPS) is 12.3. The maximum Gasteiger partial charge on any atom is 0.187 e. The van der Waals surface area contributed by atoms with E-state index in [2.05, 4.69) is 163 Å². The van der Waals surface area contributed by atoms with Gasteiger partial charge in [-0.15, -0.1) is 0 Å². The molecule has 0 saturated carbocycles. The molecule has 0 atom stereocenters. The van der Waals surface area contributed by atoms with Gasteiger partial charge in [-0.05, 0) is 73.8 Å². The Morgan fingerprint density at radius 2 is 0.789 bits per heavy atom. The lowest BCUT2D eigenvalue weighted by Gasteiger charge is -2.34. The summed E-state index contributed by atoms with van der Waals surface area (Å²) in [6, 6.07) is 71.8. The van der Waals surface area contributed by atoms with Crippen molar-refractivity contribution < 1.29 is 0 Å². The molecule has 0 fully saturated rings. The Morgan fingerprint density at radius 1 is 0.333 bits per heavy atom. The average molecular weight is 727 g/mol. The molecule has 10 rings (SSSR count). The van der Waals surface area contributed by atoms with Crippen LogP contribution in [0.1, 0.15) is 22.3 Å². The molecule has 0 amide bonds. The molecular weight excluding hydrogens is 693 g/mol. The zero-order valence-electron chi connectivity index (χ0n) is 30.9. The minimum atomic E-state index is -0.559. The minimum absolute atomic E-state index is 0.559. The van der Waals surface area contributed by atoms with Gasteiger partial charge in [-0.1, -0.05) is 188 Å². The monoisotopic (exact) mass is 726 g/mol. The molecule has 0 N–H and O–H groups in total. The lowest BCUT2D eigenvalue weighted by Crippen LogP contribution is -2.28. The predicted molar refractivity (Wildman–Crippen MR) is 231 cm³/mol. The van der Waals surface area contributed by atoms with Crippen molar-refractivity contribution in [1.29, 1.82) is 0 Å². The molecule has 4 nitrogen and oxygen atoms in total. The minimum Gasteiger partial charge on any atom is -0.238 e. The molecule has 4 heteroatoms. The summed E-state index contributed by atoms with van der Waals surface area (Å²) in [4.78, 5) is 18.9. The van der Waals surface area contributed by atoms with E-state index in [9.17, 15) is 0 Å². The van der Waals surface area contributed by atoms with Gasteiger partial charge < -0.3 is 0 Å². The maximum absolute atomic E-state index is 7.81. The number of aromatic nitrogens is 3. The van der Waals surface area contributed by atoms with Crippen molar-refractivity contribution >= 4 is 5.69 Å². The molecule has 0 saturated heterocycles. The van der Waals surface area contributed by atoms with Gasteiger partial charge in [0.05, 0.1) is 12.0 Å². The van der Waals surface area contributed by atoms with Crippen LogP contribution in [-0.4, -0.2) is 15.0 Å². The van der Waals surface area contributed by atoms with E-state index in [1.165, 1.54) is 22.3 Å². The molecule has 0 unspecified atom stereocenters. The summed E-state index contributed by atoms with van der Waals surface area (Å²) in [7, 11) is 0. The third kappa shape index (κ3) is 5.90. The lowest BCUT2D eigenvalue weighted by molar-refractivity contribution is 0.769. The van der Waals surface area contributed by atoms with Crippen LogP contribution in [0.4, 0.5) is 5.69 Å². The highest BCUT2D eigenvalue weighted by Gasteiger charge is 2.46. The van der Waals surface area contributed by atoms with Crippen LogP contribution in [0.2, 0.25) is 0 Å². The predicted octanol–water partition coefficient (Wildman–Crippen LogP) is 13.1. The van der Waals surface area contributed by atoms with Crippen molar-refractivity contribution in [1.82, 2.24) is 15.0 Å². The van der Waals surface area contributed by atoms with Gasteiger partial charge in [-0.3, -0.25) is 0 Å². The fourth-order valence-corrected chi connectivity index (χ4v) is 8.36. The molecule has 9 aromatic rings. The Kier molecular flexibility index (Phi) is 8.39. The lowest BCUT2D eigenvalue weighted by atomic mass is 9.67. The van der Waals surface area contributed by atoms with Gasteiger partial charge in [-0.25, -0.2) is 19.8 Å². The zero-order chi connectivity index (χ0) is 38.2. The van der Waals surface area contributed by atoms with Crippen molar-refractivity contribution in [3.63, 3.8) is 0 Å². The summed E-state index contributed by atoms with van der Waals surface area (Å²) in [6.07, 6.45) is 0. The van der Waals surface area contributed by atoms with Crippen molar-refractivity contribution in [2.24, 2.45) is 0 Å². The van der Waals surface area contributed by atoms with Gasteiger partial charge in [0.25, 0.3) is 0 Å². The Balaban J connectivity index is 1.09. The SMILES string of the molecule is [C-]#[N+]c1ccc2c(c1)-c1ccc(-c3ccc(-c4nc(-c5ccccc5)nc(-c5cccc(-c6ccccc6)c5)n4)cc3)cc1C2(c1ccccc1)c1ccccc1. The second kappa shape index (κ2) is 14.2. The molecule has 0 radical (unpaired) electrons. The summed E-state index contributed by atoms with van der Waals surface area (Å²) < 4.78 is 0. The topological polar surface area (TPSA) is 43.0 Å². The van der Waals surface area contributed by atoms with E-state index in [-0.39, 0.29) is 0 Å². The fourth-order valence-electron chi connectivity index (χ4n) is 8.36. The summed E-state index contributed by atoms with van der Waals surface area (Å²) in [5.41, 5.74) is 14.3. The second-order valence-corrected chi connectivity index (χ2v) is 14.3. The Bertz CT molecular complexity index is 2900. The highest BCUT2D eigenvalue weighted by molar-refractivity contribution is 5.90. The third-order valence-corrected chi connectivity index (χ3v) is 11.0. The molecule has 1 heterocycles. The van der Waals surface area contributed by atoms with E-state index in [0.717, 1.165) is 50.1 Å². The highest BCUT2D eigenvalue weighted by atomic mass is 15.0. The van der Waals surface area contributed by atoms with Gasteiger partial charge >= 0.3 is 0 Å². The first-order valence-electron chi connectivity index (χ1n) is 19.1. The second-order valence-electron chi connectivity index (χ2n) is 14.3. The summed E-state index contributed by atoms with van der Waals surface area (Å²) in [5.74, 6) is 1.86. The van der Waals surface area contributed by atoms with E-state index >= 15 is 0 Å². The van der Waals surface area contributed by atoms with Gasteiger partial charge in [-0.2, -0.15) is 0 Å². The molecule has 266 valence electrons. The first kappa shape index (κ1) is 33.8. The van der Waals surface area contributed by atoms with Crippen LogP contribution in [0.15, 0.2) is 206 Å². The Labute approximate surface area is 332 Å². The molecule has 1 aliphatic carbocycles. The van der Waals surface area contributed by atoms with Crippen molar-refractivity contribution in [2.45, 2.75) is 5.41 Å². The highest BCUT2D eigenvalue weighted by Crippen LogP contribution is 2.57. The molecule has 0 bridgehead atoms. The van der Waals surface area contributed by atoms with Gasteiger partial charge in [0, 0.05) is 16.7 Å². The summed E-state index contributed by atoms with van der Waals surface area (Å²) in [6.45, 7) is 7.81. The van der Waals surface area contributed by atoms with Crippen LogP contribution in [-0.2, 0) is 5.41 Å². The standard InChI is InChI=1S/C53H34N4/c1-54-45-30-32-48-47(35-45)46-31-29-41(34-49(46)53(48,43-21-10-4-11-22-43)44-23-12-5-13-24-44)37-25-27-39(28-26-37)51-55-50(38-17-8-3-9-18-38)56-52(57-51)42-20-14-19-40(33-42)36-15-6-2-7-16-36/h2-35H. The molecule has 1 aliphatic rings. The van der Waals surface area contributed by atoms with Crippen molar-refractivity contribution in [3.8, 4) is 67.5 Å². The Hall–Kier alpha value is -7.74. The molecule has 8 aromatic carbocycles. The number of nitrogens with zero attached hydrogens (tertiary/aromatic N) is 4. The average Bonchev–Trinajstić information content (AvgIpc) is 3.59. The van der Waals surface area contributed by atoms with Gasteiger partial charge in [0.2, 0.25) is 0 Å². The van der Waals surface area contributed by atoms with Crippen LogP contribution in [0.3, 0.4) is 0 Å². The number of benzene rings is 8. The van der Waals surface area contributed by atoms with Crippen LogP contribution in [0.5, 0.6) is 0 Å². The van der Waals surface area contributed by atoms with Crippen LogP contribution in [0, 0.1) is 6.57 Å².